The normalized spacial score (nSPS) is 20.3. The molecule has 0 heterocycles. The van der Waals surface area contributed by atoms with Gasteiger partial charge in [0, 0.05) is 28.2 Å². The van der Waals surface area contributed by atoms with Gasteiger partial charge in [-0.2, -0.15) is 0 Å². The molecule has 4 rings (SSSR count). The van der Waals surface area contributed by atoms with Gasteiger partial charge in [-0.15, -0.1) is 0 Å². The number of para-hydroxylation sites is 1. The molecule has 0 aliphatic heterocycles. The van der Waals surface area contributed by atoms with Gasteiger partial charge in [-0.25, -0.2) is 8.78 Å². The Morgan fingerprint density at radius 3 is 2.20 bits per heavy atom. The van der Waals surface area contributed by atoms with E-state index in [4.69, 9.17) is 58.0 Å². The Balaban J connectivity index is 1.55. The van der Waals surface area contributed by atoms with Gasteiger partial charge < -0.3 is 15.4 Å². The summed E-state index contributed by atoms with van der Waals surface area (Å²) >= 11 is 31.4. The molecule has 2 N–H and O–H groups in total. The number of anilines is 2. The molecule has 0 saturated heterocycles. The SMILES string of the molecule is O=CC1(CNc2ccc(Cl)c(C(=O)Nc3c(F)cccc3F)c2)C(c2cc(Cl)cc(Cl)c2)C1(Cl)Cl. The van der Waals surface area contributed by atoms with Crippen LogP contribution >= 0.6 is 58.0 Å². The van der Waals surface area contributed by atoms with Crippen molar-refractivity contribution in [2.45, 2.75) is 10.3 Å². The first kappa shape index (κ1) is 26.0. The van der Waals surface area contributed by atoms with Crippen molar-refractivity contribution in [1.82, 2.24) is 0 Å². The molecule has 0 bridgehead atoms. The molecule has 2 atom stereocenters. The van der Waals surface area contributed by atoms with Gasteiger partial charge in [0.2, 0.25) is 0 Å². The van der Waals surface area contributed by atoms with E-state index in [1.807, 2.05) is 0 Å². The fraction of sp³-hybridized carbons (Fsp3) is 0.167. The lowest BCUT2D eigenvalue weighted by Crippen LogP contribution is -2.23. The second kappa shape index (κ2) is 9.75. The molecule has 4 nitrogen and oxygen atoms in total. The lowest BCUT2D eigenvalue weighted by atomic mass is 10.00. The maximum atomic E-state index is 13.9. The van der Waals surface area contributed by atoms with Gasteiger partial charge in [0.15, 0.2) is 0 Å². The largest absolute Gasteiger partial charge is 0.384 e. The van der Waals surface area contributed by atoms with Crippen LogP contribution in [0.15, 0.2) is 54.6 Å². The third-order valence-corrected chi connectivity index (χ3v) is 7.75. The summed E-state index contributed by atoms with van der Waals surface area (Å²) in [6, 6.07) is 12.4. The molecule has 3 aromatic rings. The summed E-state index contributed by atoms with van der Waals surface area (Å²) in [7, 11) is 0. The Kier molecular flexibility index (Phi) is 7.24. The molecular formula is C24H15Cl5F2N2O2. The Morgan fingerprint density at radius 1 is 0.971 bits per heavy atom. The molecule has 1 aliphatic carbocycles. The maximum absolute atomic E-state index is 13.9. The molecule has 2 unspecified atom stereocenters. The summed E-state index contributed by atoms with van der Waals surface area (Å²) in [5.41, 5.74) is -0.862. The summed E-state index contributed by atoms with van der Waals surface area (Å²) in [6.07, 6.45) is 0.671. The van der Waals surface area contributed by atoms with E-state index in [0.717, 1.165) is 12.1 Å². The number of nitrogens with one attached hydrogen (secondary N) is 2. The Labute approximate surface area is 224 Å². The van der Waals surface area contributed by atoms with Crippen molar-refractivity contribution in [3.05, 3.63) is 92.4 Å². The fourth-order valence-electron chi connectivity index (χ4n) is 3.99. The van der Waals surface area contributed by atoms with Crippen molar-refractivity contribution in [2.75, 3.05) is 17.2 Å². The van der Waals surface area contributed by atoms with E-state index in [-0.39, 0.29) is 17.1 Å². The van der Waals surface area contributed by atoms with Gasteiger partial charge in [-0.05, 0) is 54.1 Å². The van der Waals surface area contributed by atoms with E-state index in [2.05, 4.69) is 10.6 Å². The van der Waals surface area contributed by atoms with Crippen molar-refractivity contribution in [3.63, 3.8) is 0 Å². The van der Waals surface area contributed by atoms with E-state index in [1.54, 1.807) is 24.3 Å². The number of alkyl halides is 2. The molecule has 182 valence electrons. The van der Waals surface area contributed by atoms with E-state index in [1.165, 1.54) is 18.2 Å². The Morgan fingerprint density at radius 2 is 1.60 bits per heavy atom. The minimum absolute atomic E-state index is 0.00291. The first-order valence-corrected chi connectivity index (χ1v) is 12.0. The number of carbonyl (C=O) groups is 2. The van der Waals surface area contributed by atoms with Gasteiger partial charge in [-0.3, -0.25) is 4.79 Å². The molecule has 1 saturated carbocycles. The standard InChI is InChI=1S/C24H15Cl5F2N2O2/c25-13-6-12(7-14(26)8-13)21-23(11-34,24(21,28)29)10-32-15-4-5-17(27)16(9-15)22(35)33-20-18(30)2-1-3-19(20)31/h1-9,11,21,32H,10H2,(H,33,35). The first-order chi connectivity index (χ1) is 16.5. The van der Waals surface area contributed by atoms with Crippen molar-refractivity contribution in [2.24, 2.45) is 5.41 Å². The van der Waals surface area contributed by atoms with E-state index >= 15 is 0 Å². The van der Waals surface area contributed by atoms with Crippen LogP contribution in [0.2, 0.25) is 15.1 Å². The molecular weight excluding hydrogens is 564 g/mol. The number of amides is 1. The van der Waals surface area contributed by atoms with Gasteiger partial charge in [0.25, 0.3) is 5.91 Å². The van der Waals surface area contributed by atoms with Gasteiger partial charge in [-0.1, -0.05) is 64.1 Å². The number of halogens is 7. The molecule has 1 fully saturated rings. The third-order valence-electron chi connectivity index (χ3n) is 5.84. The van der Waals surface area contributed by atoms with Crippen LogP contribution in [0.1, 0.15) is 21.8 Å². The zero-order valence-electron chi connectivity index (χ0n) is 17.5. The van der Waals surface area contributed by atoms with Crippen LogP contribution in [-0.4, -0.2) is 23.1 Å². The quantitative estimate of drug-likeness (QED) is 0.223. The van der Waals surface area contributed by atoms with Crippen LogP contribution in [-0.2, 0) is 4.79 Å². The van der Waals surface area contributed by atoms with E-state index in [0.29, 0.717) is 27.6 Å². The lowest BCUT2D eigenvalue weighted by molar-refractivity contribution is -0.112. The minimum atomic E-state index is -1.44. The second-order valence-electron chi connectivity index (χ2n) is 8.02. The number of aldehydes is 1. The number of hydrogen-bond acceptors (Lipinski definition) is 3. The molecule has 0 aromatic heterocycles. The molecule has 1 aliphatic rings. The number of carbonyl (C=O) groups excluding carboxylic acids is 2. The van der Waals surface area contributed by atoms with Crippen molar-refractivity contribution >= 4 is 81.6 Å². The first-order valence-electron chi connectivity index (χ1n) is 10.1. The number of benzene rings is 3. The van der Waals surface area contributed by atoms with Gasteiger partial charge in [0.05, 0.1) is 16.0 Å². The highest BCUT2D eigenvalue weighted by Gasteiger charge is 2.76. The van der Waals surface area contributed by atoms with Crippen LogP contribution in [0, 0.1) is 17.0 Å². The zero-order chi connectivity index (χ0) is 25.5. The lowest BCUT2D eigenvalue weighted by Gasteiger charge is -2.15. The molecule has 0 radical (unpaired) electrons. The predicted molar refractivity (Wildman–Crippen MR) is 136 cm³/mol. The van der Waals surface area contributed by atoms with Crippen LogP contribution in [0.3, 0.4) is 0 Å². The molecule has 35 heavy (non-hydrogen) atoms. The highest BCUT2D eigenvalue weighted by Crippen LogP contribution is 2.73. The summed E-state index contributed by atoms with van der Waals surface area (Å²) in [4.78, 5) is 24.8. The van der Waals surface area contributed by atoms with Crippen LogP contribution in [0.4, 0.5) is 20.2 Å². The topological polar surface area (TPSA) is 58.2 Å². The molecule has 3 aromatic carbocycles. The smallest absolute Gasteiger partial charge is 0.257 e. The highest BCUT2D eigenvalue weighted by molar-refractivity contribution is 6.54. The van der Waals surface area contributed by atoms with Crippen molar-refractivity contribution in [3.8, 4) is 0 Å². The van der Waals surface area contributed by atoms with E-state index < -0.39 is 38.9 Å². The Hall–Kier alpha value is -2.09. The van der Waals surface area contributed by atoms with Crippen molar-refractivity contribution in [1.29, 1.82) is 0 Å². The third kappa shape index (κ3) is 4.83. The van der Waals surface area contributed by atoms with Crippen LogP contribution in [0.25, 0.3) is 0 Å². The fourth-order valence-corrected chi connectivity index (χ4v) is 5.71. The van der Waals surface area contributed by atoms with Crippen LogP contribution in [0.5, 0.6) is 0 Å². The zero-order valence-corrected chi connectivity index (χ0v) is 21.3. The second-order valence-corrected chi connectivity index (χ2v) is 10.7. The van der Waals surface area contributed by atoms with Crippen LogP contribution < -0.4 is 10.6 Å². The average molecular weight is 579 g/mol. The predicted octanol–water partition coefficient (Wildman–Crippen LogP) is 7.75. The van der Waals surface area contributed by atoms with Crippen molar-refractivity contribution < 1.29 is 18.4 Å². The summed E-state index contributed by atoms with van der Waals surface area (Å²) in [5, 5.41) is 6.02. The molecule has 1 amide bonds. The van der Waals surface area contributed by atoms with E-state index in [9.17, 15) is 18.4 Å². The summed E-state index contributed by atoms with van der Waals surface area (Å²) in [6.45, 7) is 0.00291. The van der Waals surface area contributed by atoms with Gasteiger partial charge in [0.1, 0.15) is 27.9 Å². The molecule has 0 spiro atoms. The minimum Gasteiger partial charge on any atom is -0.384 e. The average Bonchev–Trinajstić information content (AvgIpc) is 3.29. The number of hydrogen-bond donors (Lipinski definition) is 2. The number of rotatable bonds is 7. The summed E-state index contributed by atoms with van der Waals surface area (Å²) in [5.74, 6) is -3.29. The monoisotopic (exact) mass is 576 g/mol. The Bertz CT molecular complexity index is 1300. The van der Waals surface area contributed by atoms with Gasteiger partial charge >= 0.3 is 0 Å². The molecule has 11 heteroatoms. The summed E-state index contributed by atoms with van der Waals surface area (Å²) < 4.78 is 26.4. The maximum Gasteiger partial charge on any atom is 0.257 e. The highest BCUT2D eigenvalue weighted by atomic mass is 35.5.